The highest BCUT2D eigenvalue weighted by molar-refractivity contribution is 5.93. The molecule has 0 heterocycles. The van der Waals surface area contributed by atoms with Crippen molar-refractivity contribution in [2.45, 2.75) is 77.7 Å². The number of carbonyl (C=O) groups is 2. The Bertz CT molecular complexity index is 326. The van der Waals surface area contributed by atoms with Crippen molar-refractivity contribution in [3.63, 3.8) is 0 Å². The predicted molar refractivity (Wildman–Crippen MR) is 88.8 cm³/mol. The van der Waals surface area contributed by atoms with Crippen LogP contribution in [0.4, 0.5) is 0 Å². The number of rotatable bonds is 6. The minimum atomic E-state index is -1.46. The fraction of sp³-hybridized carbons (Fsp3) is 0.889. The van der Waals surface area contributed by atoms with Crippen molar-refractivity contribution in [1.29, 1.82) is 0 Å². The van der Waals surface area contributed by atoms with E-state index in [1.54, 1.807) is 35.0 Å². The Morgan fingerprint density at radius 1 is 1.18 bits per heavy atom. The Morgan fingerprint density at radius 2 is 1.68 bits per heavy atom. The largest absolute Gasteiger partial charge is 0.388 e. The van der Waals surface area contributed by atoms with Gasteiger partial charge in [-0.1, -0.05) is 52.9 Å². The van der Waals surface area contributed by atoms with Crippen LogP contribution in [0.5, 0.6) is 0 Å². The number of aldehydes is 1. The molecule has 4 nitrogen and oxygen atoms in total. The van der Waals surface area contributed by atoms with Crippen LogP contribution >= 0.6 is 0 Å². The number of methoxy groups -OCH3 is 1. The second kappa shape index (κ2) is 10.1. The molecule has 1 aliphatic carbocycles. The maximum Gasteiger partial charge on any atom is 0.170 e. The Morgan fingerprint density at radius 3 is 2.09 bits per heavy atom. The quantitative estimate of drug-likeness (QED) is 0.762. The standard InChI is InChI=1S/C16H28O3.C2H6O/c1-15(2,3)14(18)16(19,11-12-17)10-9-13-7-5-4-6-8-13;1-3-2/h12-13,19H,4-11H2,1-3H3;1-2H3. The van der Waals surface area contributed by atoms with Crippen molar-refractivity contribution in [2.75, 3.05) is 14.2 Å². The summed E-state index contributed by atoms with van der Waals surface area (Å²) in [6, 6.07) is 0. The summed E-state index contributed by atoms with van der Waals surface area (Å²) in [6.45, 7) is 5.39. The van der Waals surface area contributed by atoms with Gasteiger partial charge in [0.1, 0.15) is 11.9 Å². The Labute approximate surface area is 135 Å². The van der Waals surface area contributed by atoms with Gasteiger partial charge in [-0.05, 0) is 18.8 Å². The molecular formula is C18H34O4. The number of hydrogen-bond acceptors (Lipinski definition) is 4. The number of carbonyl (C=O) groups excluding carboxylic acids is 2. The molecule has 0 aromatic carbocycles. The summed E-state index contributed by atoms with van der Waals surface area (Å²) in [5, 5.41) is 10.6. The van der Waals surface area contributed by atoms with Gasteiger partial charge in [-0.15, -0.1) is 0 Å². The number of ketones is 1. The molecule has 1 N–H and O–H groups in total. The molecule has 1 aliphatic rings. The van der Waals surface area contributed by atoms with Crippen LogP contribution in [-0.2, 0) is 14.3 Å². The summed E-state index contributed by atoms with van der Waals surface area (Å²) in [5.41, 5.74) is -2.07. The zero-order valence-electron chi connectivity index (χ0n) is 15.0. The number of hydrogen-bond donors (Lipinski definition) is 1. The van der Waals surface area contributed by atoms with E-state index in [-0.39, 0.29) is 12.2 Å². The first-order valence-electron chi connectivity index (χ1n) is 8.32. The zero-order valence-corrected chi connectivity index (χ0v) is 15.0. The summed E-state index contributed by atoms with van der Waals surface area (Å²) >= 11 is 0. The first-order valence-corrected chi connectivity index (χ1v) is 8.32. The van der Waals surface area contributed by atoms with Crippen LogP contribution < -0.4 is 0 Å². The van der Waals surface area contributed by atoms with E-state index in [9.17, 15) is 14.7 Å². The lowest BCUT2D eigenvalue weighted by Gasteiger charge is -2.33. The third-order valence-corrected chi connectivity index (χ3v) is 4.22. The van der Waals surface area contributed by atoms with Crippen LogP contribution in [0.1, 0.15) is 72.1 Å². The minimum absolute atomic E-state index is 0.0736. The van der Waals surface area contributed by atoms with Gasteiger partial charge in [-0.25, -0.2) is 0 Å². The van der Waals surface area contributed by atoms with Crippen LogP contribution in [0.25, 0.3) is 0 Å². The van der Waals surface area contributed by atoms with E-state index in [1.165, 1.54) is 32.1 Å². The molecule has 1 atom stereocenters. The van der Waals surface area contributed by atoms with Gasteiger partial charge in [-0.2, -0.15) is 0 Å². The molecule has 4 heteroatoms. The van der Waals surface area contributed by atoms with Crippen LogP contribution in [-0.4, -0.2) is 37.0 Å². The molecule has 0 radical (unpaired) electrons. The van der Waals surface area contributed by atoms with E-state index in [0.29, 0.717) is 18.6 Å². The molecule has 0 spiro atoms. The molecule has 22 heavy (non-hydrogen) atoms. The van der Waals surface area contributed by atoms with Gasteiger partial charge < -0.3 is 14.6 Å². The fourth-order valence-corrected chi connectivity index (χ4v) is 3.06. The molecule has 1 unspecified atom stereocenters. The van der Waals surface area contributed by atoms with Crippen molar-refractivity contribution in [3.8, 4) is 0 Å². The van der Waals surface area contributed by atoms with Gasteiger partial charge in [0.2, 0.25) is 0 Å². The maximum atomic E-state index is 12.3. The summed E-state index contributed by atoms with van der Waals surface area (Å²) in [5.74, 6) is 0.405. The summed E-state index contributed by atoms with van der Waals surface area (Å²) in [4.78, 5) is 23.1. The molecule has 0 aliphatic heterocycles. The molecule has 1 fully saturated rings. The molecular weight excluding hydrogens is 280 g/mol. The van der Waals surface area contributed by atoms with Gasteiger partial charge in [0.25, 0.3) is 0 Å². The second-order valence-corrected chi connectivity index (χ2v) is 7.43. The lowest BCUT2D eigenvalue weighted by Crippen LogP contribution is -2.46. The van der Waals surface area contributed by atoms with Crippen LogP contribution in [0.3, 0.4) is 0 Å². The Hall–Kier alpha value is -0.740. The van der Waals surface area contributed by atoms with Gasteiger partial charge in [0.05, 0.1) is 0 Å². The zero-order chi connectivity index (χ0) is 17.2. The van der Waals surface area contributed by atoms with E-state index in [1.807, 2.05) is 0 Å². The highest BCUT2D eigenvalue weighted by Gasteiger charge is 2.41. The predicted octanol–water partition coefficient (Wildman–Crippen LogP) is 3.54. The van der Waals surface area contributed by atoms with Crippen LogP contribution in [0.15, 0.2) is 0 Å². The molecule has 0 saturated heterocycles. The highest BCUT2D eigenvalue weighted by atomic mass is 16.4. The van der Waals surface area contributed by atoms with Gasteiger partial charge >= 0.3 is 0 Å². The molecule has 0 aromatic rings. The van der Waals surface area contributed by atoms with E-state index < -0.39 is 11.0 Å². The minimum Gasteiger partial charge on any atom is -0.388 e. The molecule has 0 aromatic heterocycles. The number of ether oxygens (including phenoxy) is 1. The first-order chi connectivity index (χ1) is 10.2. The first kappa shape index (κ1) is 21.3. The van der Waals surface area contributed by atoms with Crippen molar-refractivity contribution in [3.05, 3.63) is 0 Å². The van der Waals surface area contributed by atoms with Gasteiger partial charge in [-0.3, -0.25) is 4.79 Å². The maximum absolute atomic E-state index is 12.3. The van der Waals surface area contributed by atoms with E-state index in [0.717, 1.165) is 6.42 Å². The molecule has 130 valence electrons. The summed E-state index contributed by atoms with van der Waals surface area (Å²) in [6.07, 6.45) is 8.07. The third kappa shape index (κ3) is 7.50. The highest BCUT2D eigenvalue weighted by Crippen LogP contribution is 2.33. The van der Waals surface area contributed by atoms with Crippen LogP contribution in [0, 0.1) is 11.3 Å². The summed E-state index contributed by atoms with van der Waals surface area (Å²) in [7, 11) is 3.25. The lowest BCUT2D eigenvalue weighted by molar-refractivity contribution is -0.149. The van der Waals surface area contributed by atoms with Crippen LogP contribution in [0.2, 0.25) is 0 Å². The van der Waals surface area contributed by atoms with E-state index in [2.05, 4.69) is 4.74 Å². The van der Waals surface area contributed by atoms with Crippen molar-refractivity contribution >= 4 is 12.1 Å². The molecule has 0 bridgehead atoms. The average Bonchev–Trinajstić information content (AvgIpc) is 2.46. The van der Waals surface area contributed by atoms with E-state index >= 15 is 0 Å². The second-order valence-electron chi connectivity index (χ2n) is 7.43. The van der Waals surface area contributed by atoms with Crippen molar-refractivity contribution < 1.29 is 19.4 Å². The smallest absolute Gasteiger partial charge is 0.170 e. The number of aliphatic hydroxyl groups is 1. The normalized spacial score (nSPS) is 18.8. The topological polar surface area (TPSA) is 63.6 Å². The monoisotopic (exact) mass is 314 g/mol. The Kier molecular flexibility index (Phi) is 9.77. The molecule has 1 rings (SSSR count). The van der Waals surface area contributed by atoms with Gasteiger partial charge in [0, 0.05) is 26.1 Å². The fourth-order valence-electron chi connectivity index (χ4n) is 3.06. The number of Topliss-reactive ketones (excluding diaryl/α,β-unsaturated/α-hetero) is 1. The lowest BCUT2D eigenvalue weighted by atomic mass is 9.74. The molecule has 0 amide bonds. The average molecular weight is 314 g/mol. The summed E-state index contributed by atoms with van der Waals surface area (Å²) < 4.78 is 4.25. The Balaban J connectivity index is 0.00000135. The van der Waals surface area contributed by atoms with E-state index in [4.69, 9.17) is 0 Å². The van der Waals surface area contributed by atoms with Gasteiger partial charge in [0.15, 0.2) is 5.78 Å². The van der Waals surface area contributed by atoms with Crippen molar-refractivity contribution in [2.24, 2.45) is 11.3 Å². The van der Waals surface area contributed by atoms with Crippen molar-refractivity contribution in [1.82, 2.24) is 0 Å². The SMILES string of the molecule is CC(C)(C)C(=O)C(O)(CC=O)CCC1CCCCC1.COC. The molecule has 1 saturated carbocycles. The third-order valence-electron chi connectivity index (χ3n) is 4.22.